The Balaban J connectivity index is 2.49. The second kappa shape index (κ2) is 5.09. The van der Waals surface area contributed by atoms with Crippen molar-refractivity contribution in [3.8, 4) is 0 Å². The summed E-state index contributed by atoms with van der Waals surface area (Å²) in [6.45, 7) is 1.60. The van der Waals surface area contributed by atoms with Crippen molar-refractivity contribution in [2.45, 2.75) is 50.5 Å². The average molecular weight is 221 g/mol. The molecule has 1 aliphatic carbocycles. The van der Waals surface area contributed by atoms with Gasteiger partial charge >= 0.3 is 0 Å². The first-order valence-corrected chi connectivity index (χ1v) is 6.63. The maximum Gasteiger partial charge on any atom is 0.283 e. The molecule has 4 nitrogen and oxygen atoms in total. The summed E-state index contributed by atoms with van der Waals surface area (Å²) in [6, 6.07) is 0. The standard InChI is InChI=1S/C9H19NO3S/c1-8(10-2)14(11,12)13-9-6-4-3-5-7-9/h8-10H,3-7H2,1-2H3. The second-order valence-electron chi connectivity index (χ2n) is 3.78. The lowest BCUT2D eigenvalue weighted by atomic mass is 9.98. The zero-order chi connectivity index (χ0) is 10.6. The molecule has 0 bridgehead atoms. The minimum atomic E-state index is -3.42. The van der Waals surface area contributed by atoms with Gasteiger partial charge in [0.2, 0.25) is 0 Å². The van der Waals surface area contributed by atoms with E-state index in [-0.39, 0.29) is 6.10 Å². The molecule has 0 radical (unpaired) electrons. The van der Waals surface area contributed by atoms with Crippen molar-refractivity contribution in [3.05, 3.63) is 0 Å². The van der Waals surface area contributed by atoms with Gasteiger partial charge in [-0.2, -0.15) is 8.42 Å². The summed E-state index contributed by atoms with van der Waals surface area (Å²) < 4.78 is 28.2. The first kappa shape index (κ1) is 11.9. The second-order valence-corrected chi connectivity index (χ2v) is 5.67. The highest BCUT2D eigenvalue weighted by atomic mass is 32.2. The van der Waals surface area contributed by atoms with E-state index in [9.17, 15) is 8.42 Å². The largest absolute Gasteiger partial charge is 0.302 e. The molecule has 1 saturated carbocycles. The molecule has 1 unspecified atom stereocenters. The van der Waals surface area contributed by atoms with Crippen LogP contribution in [-0.4, -0.2) is 26.9 Å². The van der Waals surface area contributed by atoms with E-state index in [1.807, 2.05) is 0 Å². The molecule has 1 rings (SSSR count). The monoisotopic (exact) mass is 221 g/mol. The number of hydrogen-bond donors (Lipinski definition) is 1. The molecule has 0 heterocycles. The van der Waals surface area contributed by atoms with Gasteiger partial charge in [-0.1, -0.05) is 19.3 Å². The lowest BCUT2D eigenvalue weighted by Crippen LogP contribution is -2.35. The van der Waals surface area contributed by atoms with Gasteiger partial charge in [-0.05, 0) is 26.8 Å². The van der Waals surface area contributed by atoms with Crippen LogP contribution < -0.4 is 5.32 Å². The minimum Gasteiger partial charge on any atom is -0.302 e. The molecule has 5 heteroatoms. The van der Waals surface area contributed by atoms with E-state index in [1.54, 1.807) is 14.0 Å². The maximum atomic E-state index is 11.5. The summed E-state index contributed by atoms with van der Waals surface area (Å²) in [6.07, 6.45) is 5.00. The van der Waals surface area contributed by atoms with Gasteiger partial charge in [-0.3, -0.25) is 4.18 Å². The third-order valence-corrected chi connectivity index (χ3v) is 4.30. The molecule has 0 spiro atoms. The van der Waals surface area contributed by atoms with Gasteiger partial charge in [0.25, 0.3) is 10.1 Å². The molecule has 1 fully saturated rings. The van der Waals surface area contributed by atoms with E-state index in [1.165, 1.54) is 6.42 Å². The number of hydrogen-bond acceptors (Lipinski definition) is 4. The van der Waals surface area contributed by atoms with Crippen molar-refractivity contribution in [2.75, 3.05) is 7.05 Å². The summed E-state index contributed by atoms with van der Waals surface area (Å²) in [7, 11) is -1.80. The average Bonchev–Trinajstić information content (AvgIpc) is 2.17. The van der Waals surface area contributed by atoms with Crippen LogP contribution in [0.5, 0.6) is 0 Å². The van der Waals surface area contributed by atoms with Gasteiger partial charge in [0, 0.05) is 0 Å². The van der Waals surface area contributed by atoms with Gasteiger partial charge in [0.1, 0.15) is 5.37 Å². The SMILES string of the molecule is CNC(C)S(=O)(=O)OC1CCCCC1. The van der Waals surface area contributed by atoms with Crippen LogP contribution in [0.1, 0.15) is 39.0 Å². The zero-order valence-corrected chi connectivity index (χ0v) is 9.64. The Morgan fingerprint density at radius 1 is 1.29 bits per heavy atom. The van der Waals surface area contributed by atoms with Crippen LogP contribution in [0.25, 0.3) is 0 Å². The maximum absolute atomic E-state index is 11.5. The first-order chi connectivity index (χ1) is 6.56. The Morgan fingerprint density at radius 3 is 2.36 bits per heavy atom. The van der Waals surface area contributed by atoms with Gasteiger partial charge in [0.15, 0.2) is 0 Å². The summed E-state index contributed by atoms with van der Waals surface area (Å²) in [5.41, 5.74) is 0. The van der Waals surface area contributed by atoms with Crippen molar-refractivity contribution in [3.63, 3.8) is 0 Å². The Morgan fingerprint density at radius 2 is 1.86 bits per heavy atom. The van der Waals surface area contributed by atoms with Crippen molar-refractivity contribution in [1.29, 1.82) is 0 Å². The predicted octanol–water partition coefficient (Wildman–Crippen LogP) is 1.23. The van der Waals surface area contributed by atoms with Crippen LogP contribution in [-0.2, 0) is 14.3 Å². The molecule has 0 aromatic heterocycles. The van der Waals surface area contributed by atoms with Gasteiger partial charge in [-0.25, -0.2) is 0 Å². The third kappa shape index (κ3) is 3.22. The van der Waals surface area contributed by atoms with E-state index in [0.717, 1.165) is 25.7 Å². The van der Waals surface area contributed by atoms with Crippen LogP contribution in [0.4, 0.5) is 0 Å². The fraction of sp³-hybridized carbons (Fsp3) is 1.00. The highest BCUT2D eigenvalue weighted by Crippen LogP contribution is 2.22. The normalized spacial score (nSPS) is 22.1. The van der Waals surface area contributed by atoms with Crippen LogP contribution in [0.15, 0.2) is 0 Å². The molecule has 0 amide bonds. The van der Waals surface area contributed by atoms with E-state index < -0.39 is 15.5 Å². The molecule has 1 atom stereocenters. The molecule has 1 N–H and O–H groups in total. The molecule has 0 aromatic carbocycles. The van der Waals surface area contributed by atoms with Crippen LogP contribution >= 0.6 is 0 Å². The third-order valence-electron chi connectivity index (χ3n) is 2.66. The summed E-state index contributed by atoms with van der Waals surface area (Å²) >= 11 is 0. The van der Waals surface area contributed by atoms with Gasteiger partial charge in [-0.15, -0.1) is 0 Å². The Bertz CT molecular complexity index is 257. The van der Waals surface area contributed by atoms with Crippen molar-refractivity contribution < 1.29 is 12.6 Å². The Labute approximate surface area is 86.2 Å². The number of rotatable bonds is 4. The summed E-state index contributed by atoms with van der Waals surface area (Å²) in [5, 5.41) is 2.06. The first-order valence-electron chi connectivity index (χ1n) is 5.15. The van der Waals surface area contributed by atoms with E-state index in [0.29, 0.717) is 0 Å². The van der Waals surface area contributed by atoms with E-state index in [4.69, 9.17) is 4.18 Å². The van der Waals surface area contributed by atoms with E-state index in [2.05, 4.69) is 5.32 Å². The molecule has 1 aliphatic rings. The molecule has 84 valence electrons. The fourth-order valence-electron chi connectivity index (χ4n) is 1.58. The summed E-state index contributed by atoms with van der Waals surface area (Å²) in [5.74, 6) is 0. The zero-order valence-electron chi connectivity index (χ0n) is 8.82. The molecular weight excluding hydrogens is 202 g/mol. The highest BCUT2D eigenvalue weighted by Gasteiger charge is 2.25. The smallest absolute Gasteiger partial charge is 0.283 e. The number of nitrogens with one attached hydrogen (secondary N) is 1. The van der Waals surface area contributed by atoms with Crippen molar-refractivity contribution in [2.24, 2.45) is 0 Å². The summed E-state index contributed by atoms with van der Waals surface area (Å²) in [4.78, 5) is 0. The van der Waals surface area contributed by atoms with Crippen LogP contribution in [0, 0.1) is 0 Å². The Hall–Kier alpha value is -0.130. The van der Waals surface area contributed by atoms with Gasteiger partial charge in [0.05, 0.1) is 6.10 Å². The van der Waals surface area contributed by atoms with Crippen LogP contribution in [0.3, 0.4) is 0 Å². The highest BCUT2D eigenvalue weighted by molar-refractivity contribution is 7.87. The minimum absolute atomic E-state index is 0.0930. The lowest BCUT2D eigenvalue weighted by Gasteiger charge is -2.23. The topological polar surface area (TPSA) is 55.4 Å². The molecule has 0 aliphatic heterocycles. The lowest BCUT2D eigenvalue weighted by molar-refractivity contribution is 0.159. The molecule has 0 aromatic rings. The van der Waals surface area contributed by atoms with E-state index >= 15 is 0 Å². The van der Waals surface area contributed by atoms with Crippen molar-refractivity contribution >= 4 is 10.1 Å². The quantitative estimate of drug-likeness (QED) is 0.725. The van der Waals surface area contributed by atoms with Crippen molar-refractivity contribution in [1.82, 2.24) is 5.32 Å². The Kier molecular flexibility index (Phi) is 4.34. The molecule has 0 saturated heterocycles. The molecule has 14 heavy (non-hydrogen) atoms. The van der Waals surface area contributed by atoms with Gasteiger partial charge < -0.3 is 5.32 Å². The molecular formula is C9H19NO3S. The van der Waals surface area contributed by atoms with Crippen LogP contribution in [0.2, 0.25) is 0 Å². The predicted molar refractivity (Wildman–Crippen MR) is 55.4 cm³/mol. The fourth-order valence-corrected chi connectivity index (χ4v) is 2.61.